The Bertz CT molecular complexity index is 283. The predicted molar refractivity (Wildman–Crippen MR) is 64.4 cm³/mol. The third-order valence-corrected chi connectivity index (χ3v) is 3.02. The molecule has 0 saturated carbocycles. The highest BCUT2D eigenvalue weighted by atomic mass is 79.9. The number of anilines is 2. The van der Waals surface area contributed by atoms with Crippen LogP contribution >= 0.6 is 28.3 Å². The Morgan fingerprint density at radius 3 is 2.36 bits per heavy atom. The van der Waals surface area contributed by atoms with E-state index in [1.54, 1.807) is 0 Å². The number of rotatable bonds is 1. The normalized spacial score (nSPS) is 17.9. The van der Waals surface area contributed by atoms with E-state index in [4.69, 9.17) is 5.73 Å². The van der Waals surface area contributed by atoms with Crippen molar-refractivity contribution in [2.75, 3.05) is 43.9 Å². The first kappa shape index (κ1) is 11.7. The Kier molecular flexibility index (Phi) is 4.09. The molecule has 1 aliphatic heterocycles. The summed E-state index contributed by atoms with van der Waals surface area (Å²) >= 11 is 1.46. The van der Waals surface area contributed by atoms with Crippen molar-refractivity contribution in [3.8, 4) is 0 Å². The minimum absolute atomic E-state index is 0. The van der Waals surface area contributed by atoms with Gasteiger partial charge in [0.1, 0.15) is 0 Å². The van der Waals surface area contributed by atoms with Crippen LogP contribution < -0.4 is 10.6 Å². The molecule has 0 radical (unpaired) electrons. The van der Waals surface area contributed by atoms with E-state index >= 15 is 0 Å². The summed E-state index contributed by atoms with van der Waals surface area (Å²) in [6, 6.07) is 0. The SMILES string of the molecule is Br.CN1CCN(c2nnc(N)s2)CC1. The quantitative estimate of drug-likeness (QED) is 0.809. The van der Waals surface area contributed by atoms with E-state index in [1.807, 2.05) is 0 Å². The van der Waals surface area contributed by atoms with Crippen molar-refractivity contribution in [3.63, 3.8) is 0 Å². The molecule has 1 aromatic rings. The van der Waals surface area contributed by atoms with Crippen molar-refractivity contribution < 1.29 is 0 Å². The lowest BCUT2D eigenvalue weighted by atomic mass is 10.3. The van der Waals surface area contributed by atoms with Crippen LogP contribution in [0.4, 0.5) is 10.3 Å². The minimum atomic E-state index is 0. The number of likely N-dealkylation sites (N-methyl/N-ethyl adjacent to an activating group) is 1. The van der Waals surface area contributed by atoms with Crippen LogP contribution in [0.25, 0.3) is 0 Å². The van der Waals surface area contributed by atoms with Crippen LogP contribution in [0.5, 0.6) is 0 Å². The van der Waals surface area contributed by atoms with Crippen molar-refractivity contribution in [1.82, 2.24) is 15.1 Å². The molecule has 0 amide bonds. The molecule has 80 valence electrons. The van der Waals surface area contributed by atoms with Gasteiger partial charge in [0.2, 0.25) is 10.3 Å². The molecular weight excluding hydrogens is 266 g/mol. The summed E-state index contributed by atoms with van der Waals surface area (Å²) in [6.07, 6.45) is 0. The van der Waals surface area contributed by atoms with Gasteiger partial charge >= 0.3 is 0 Å². The maximum atomic E-state index is 5.52. The molecular formula is C7H14BrN5S. The van der Waals surface area contributed by atoms with Crippen LogP contribution in [-0.4, -0.2) is 48.3 Å². The number of hydrogen-bond donors (Lipinski definition) is 1. The van der Waals surface area contributed by atoms with Crippen molar-refractivity contribution in [3.05, 3.63) is 0 Å². The number of nitrogen functional groups attached to an aromatic ring is 1. The maximum absolute atomic E-state index is 5.52. The highest BCUT2D eigenvalue weighted by Crippen LogP contribution is 2.22. The average molecular weight is 280 g/mol. The zero-order valence-electron chi connectivity index (χ0n) is 8.01. The van der Waals surface area contributed by atoms with Gasteiger partial charge in [-0.25, -0.2) is 0 Å². The van der Waals surface area contributed by atoms with E-state index in [1.165, 1.54) is 11.3 Å². The summed E-state index contributed by atoms with van der Waals surface area (Å²) in [4.78, 5) is 4.54. The molecule has 0 spiro atoms. The second-order valence-electron chi connectivity index (χ2n) is 3.21. The molecule has 1 aliphatic rings. The molecule has 1 saturated heterocycles. The third-order valence-electron chi connectivity index (χ3n) is 2.20. The molecule has 0 atom stereocenters. The number of nitrogens with zero attached hydrogens (tertiary/aromatic N) is 4. The van der Waals surface area contributed by atoms with Gasteiger partial charge < -0.3 is 15.5 Å². The van der Waals surface area contributed by atoms with Crippen molar-refractivity contribution >= 4 is 38.6 Å². The zero-order chi connectivity index (χ0) is 9.26. The van der Waals surface area contributed by atoms with Gasteiger partial charge in [0.15, 0.2) is 0 Å². The van der Waals surface area contributed by atoms with Crippen molar-refractivity contribution in [2.45, 2.75) is 0 Å². The molecule has 0 bridgehead atoms. The second kappa shape index (κ2) is 4.90. The number of piperazine rings is 1. The molecule has 7 heteroatoms. The summed E-state index contributed by atoms with van der Waals surface area (Å²) in [5.41, 5.74) is 5.52. The van der Waals surface area contributed by atoms with E-state index in [0.29, 0.717) is 5.13 Å². The Morgan fingerprint density at radius 1 is 1.21 bits per heavy atom. The molecule has 2 N–H and O–H groups in total. The molecule has 1 aromatic heterocycles. The van der Waals surface area contributed by atoms with Gasteiger partial charge in [0, 0.05) is 26.2 Å². The topological polar surface area (TPSA) is 58.3 Å². The van der Waals surface area contributed by atoms with Gasteiger partial charge in [0.05, 0.1) is 0 Å². The Morgan fingerprint density at radius 2 is 1.86 bits per heavy atom. The first-order valence-corrected chi connectivity index (χ1v) is 5.10. The number of hydrogen-bond acceptors (Lipinski definition) is 6. The van der Waals surface area contributed by atoms with Gasteiger partial charge in [-0.2, -0.15) is 0 Å². The predicted octanol–water partition coefficient (Wildman–Crippen LogP) is 0.450. The molecule has 2 heterocycles. The standard InChI is InChI=1S/C7H13N5S.BrH/c1-11-2-4-12(5-3-11)7-10-9-6(8)13-7;/h2-5H2,1H3,(H2,8,9);1H. The first-order chi connectivity index (χ1) is 6.25. The van der Waals surface area contributed by atoms with Crippen LogP contribution in [0.3, 0.4) is 0 Å². The monoisotopic (exact) mass is 279 g/mol. The minimum Gasteiger partial charge on any atom is -0.374 e. The highest BCUT2D eigenvalue weighted by Gasteiger charge is 2.16. The summed E-state index contributed by atoms with van der Waals surface area (Å²) in [5, 5.41) is 9.32. The second-order valence-corrected chi connectivity index (χ2v) is 4.20. The van der Waals surface area contributed by atoms with Gasteiger partial charge in [-0.05, 0) is 7.05 Å². The number of aromatic nitrogens is 2. The van der Waals surface area contributed by atoms with Gasteiger partial charge in [-0.15, -0.1) is 27.2 Å². The van der Waals surface area contributed by atoms with Crippen molar-refractivity contribution in [1.29, 1.82) is 0 Å². The van der Waals surface area contributed by atoms with Gasteiger partial charge in [-0.1, -0.05) is 11.3 Å². The van der Waals surface area contributed by atoms with E-state index in [9.17, 15) is 0 Å². The molecule has 14 heavy (non-hydrogen) atoms. The Balaban J connectivity index is 0.000000980. The lowest BCUT2D eigenvalue weighted by molar-refractivity contribution is 0.312. The van der Waals surface area contributed by atoms with Gasteiger partial charge in [-0.3, -0.25) is 0 Å². The summed E-state index contributed by atoms with van der Waals surface area (Å²) < 4.78 is 0. The number of nitrogens with two attached hydrogens (primary N) is 1. The van der Waals surface area contributed by atoms with Crippen molar-refractivity contribution in [2.24, 2.45) is 0 Å². The van der Waals surface area contributed by atoms with Crippen LogP contribution in [0.1, 0.15) is 0 Å². The van der Waals surface area contributed by atoms with Crippen LogP contribution in [0.2, 0.25) is 0 Å². The fourth-order valence-electron chi connectivity index (χ4n) is 1.35. The molecule has 1 fully saturated rings. The Hall–Kier alpha value is -0.400. The zero-order valence-corrected chi connectivity index (χ0v) is 10.5. The molecule has 2 rings (SSSR count). The molecule has 0 aromatic carbocycles. The fourth-order valence-corrected chi connectivity index (χ4v) is 2.01. The average Bonchev–Trinajstić information content (AvgIpc) is 2.53. The fraction of sp³-hybridized carbons (Fsp3) is 0.714. The summed E-state index contributed by atoms with van der Waals surface area (Å²) in [5.74, 6) is 0. The van der Waals surface area contributed by atoms with Crippen LogP contribution in [0, 0.1) is 0 Å². The lowest BCUT2D eigenvalue weighted by Crippen LogP contribution is -2.44. The van der Waals surface area contributed by atoms with Crippen LogP contribution in [0.15, 0.2) is 0 Å². The van der Waals surface area contributed by atoms with E-state index in [0.717, 1.165) is 31.3 Å². The number of halogens is 1. The lowest BCUT2D eigenvalue weighted by Gasteiger charge is -2.31. The first-order valence-electron chi connectivity index (χ1n) is 4.28. The largest absolute Gasteiger partial charge is 0.374 e. The summed E-state index contributed by atoms with van der Waals surface area (Å²) in [6.45, 7) is 4.20. The Labute approximate surface area is 97.7 Å². The van der Waals surface area contributed by atoms with E-state index in [2.05, 4.69) is 27.0 Å². The maximum Gasteiger partial charge on any atom is 0.210 e. The van der Waals surface area contributed by atoms with E-state index in [-0.39, 0.29) is 17.0 Å². The van der Waals surface area contributed by atoms with Gasteiger partial charge in [0.25, 0.3) is 0 Å². The van der Waals surface area contributed by atoms with E-state index < -0.39 is 0 Å². The molecule has 0 aliphatic carbocycles. The molecule has 5 nitrogen and oxygen atoms in total. The smallest absolute Gasteiger partial charge is 0.210 e. The highest BCUT2D eigenvalue weighted by molar-refractivity contribution is 8.93. The summed E-state index contributed by atoms with van der Waals surface area (Å²) in [7, 11) is 2.13. The molecule has 0 unspecified atom stereocenters. The van der Waals surface area contributed by atoms with Crippen LogP contribution in [-0.2, 0) is 0 Å². The third kappa shape index (κ3) is 2.55.